The highest BCUT2D eigenvalue weighted by molar-refractivity contribution is 7.13. The third-order valence-electron chi connectivity index (χ3n) is 1.54. The lowest BCUT2D eigenvalue weighted by Crippen LogP contribution is -1.97. The van der Waals surface area contributed by atoms with Gasteiger partial charge in [0.05, 0.1) is 15.6 Å². The molecular weight excluding hydrogens is 170 g/mol. The van der Waals surface area contributed by atoms with Crippen molar-refractivity contribution in [2.24, 2.45) is 5.92 Å². The van der Waals surface area contributed by atoms with Gasteiger partial charge in [-0.05, 0) is 19.3 Å². The topological polar surface area (TPSA) is 30.0 Å². The van der Waals surface area contributed by atoms with Crippen LogP contribution in [-0.2, 0) is 6.42 Å². The Morgan fingerprint density at radius 1 is 1.58 bits per heavy atom. The standard InChI is InChI=1S/C9H13NOS/c1-6(2)4-8-9(5-11)12-7(3)10-8/h5-6H,4H2,1-3H3. The van der Waals surface area contributed by atoms with E-state index in [1.165, 1.54) is 11.3 Å². The predicted octanol–water partition coefficient (Wildman–Crippen LogP) is 2.46. The third-order valence-corrected chi connectivity index (χ3v) is 2.48. The first-order chi connectivity index (χ1) is 5.63. The van der Waals surface area contributed by atoms with Gasteiger partial charge in [-0.1, -0.05) is 13.8 Å². The Labute approximate surface area is 76.6 Å². The van der Waals surface area contributed by atoms with Gasteiger partial charge in [0.1, 0.15) is 0 Å². The number of aryl methyl sites for hydroxylation is 1. The van der Waals surface area contributed by atoms with E-state index in [-0.39, 0.29) is 0 Å². The zero-order chi connectivity index (χ0) is 9.14. The summed E-state index contributed by atoms with van der Waals surface area (Å²) in [5.41, 5.74) is 0.961. The Hall–Kier alpha value is -0.700. The number of carbonyl (C=O) groups excluding carboxylic acids is 1. The molecule has 0 N–H and O–H groups in total. The van der Waals surface area contributed by atoms with Crippen molar-refractivity contribution in [3.8, 4) is 0 Å². The molecule has 1 heterocycles. The second-order valence-electron chi connectivity index (χ2n) is 3.26. The monoisotopic (exact) mass is 183 g/mol. The van der Waals surface area contributed by atoms with Gasteiger partial charge in [0.15, 0.2) is 6.29 Å². The molecule has 66 valence electrons. The zero-order valence-corrected chi connectivity index (χ0v) is 8.44. The Morgan fingerprint density at radius 2 is 2.25 bits per heavy atom. The lowest BCUT2D eigenvalue weighted by Gasteiger charge is -2.00. The highest BCUT2D eigenvalue weighted by Crippen LogP contribution is 2.18. The number of aromatic nitrogens is 1. The summed E-state index contributed by atoms with van der Waals surface area (Å²) in [7, 11) is 0. The number of rotatable bonds is 3. The molecule has 0 aliphatic rings. The van der Waals surface area contributed by atoms with E-state index < -0.39 is 0 Å². The molecule has 0 spiro atoms. The van der Waals surface area contributed by atoms with Crippen molar-refractivity contribution in [1.82, 2.24) is 4.98 Å². The van der Waals surface area contributed by atoms with E-state index in [4.69, 9.17) is 0 Å². The number of aldehydes is 1. The van der Waals surface area contributed by atoms with Crippen LogP contribution in [-0.4, -0.2) is 11.3 Å². The van der Waals surface area contributed by atoms with Gasteiger partial charge >= 0.3 is 0 Å². The largest absolute Gasteiger partial charge is 0.297 e. The molecule has 1 aromatic rings. The molecule has 0 radical (unpaired) electrons. The van der Waals surface area contributed by atoms with Gasteiger partial charge < -0.3 is 0 Å². The number of carbonyl (C=O) groups is 1. The van der Waals surface area contributed by atoms with Crippen molar-refractivity contribution in [2.75, 3.05) is 0 Å². The Bertz CT molecular complexity index is 278. The Balaban J connectivity index is 2.89. The SMILES string of the molecule is Cc1nc(CC(C)C)c(C=O)s1. The van der Waals surface area contributed by atoms with Crippen LogP contribution in [0.3, 0.4) is 0 Å². The average Bonchev–Trinajstić information content (AvgIpc) is 2.29. The molecule has 1 aromatic heterocycles. The summed E-state index contributed by atoms with van der Waals surface area (Å²) in [4.78, 5) is 15.7. The van der Waals surface area contributed by atoms with Crippen LogP contribution in [0.4, 0.5) is 0 Å². The maximum Gasteiger partial charge on any atom is 0.161 e. The zero-order valence-electron chi connectivity index (χ0n) is 7.63. The fourth-order valence-electron chi connectivity index (χ4n) is 1.11. The van der Waals surface area contributed by atoms with Crippen LogP contribution in [0.1, 0.15) is 34.2 Å². The van der Waals surface area contributed by atoms with Crippen LogP contribution in [0.25, 0.3) is 0 Å². The molecule has 0 saturated carbocycles. The van der Waals surface area contributed by atoms with Crippen molar-refractivity contribution in [1.29, 1.82) is 0 Å². The summed E-state index contributed by atoms with van der Waals surface area (Å²) in [6, 6.07) is 0. The summed E-state index contributed by atoms with van der Waals surface area (Å²) in [6.07, 6.45) is 1.81. The van der Waals surface area contributed by atoms with Gasteiger partial charge in [-0.15, -0.1) is 11.3 Å². The third kappa shape index (κ3) is 2.14. The summed E-state index contributed by atoms with van der Waals surface area (Å²) in [5.74, 6) is 0.560. The molecule has 0 aromatic carbocycles. The lowest BCUT2D eigenvalue weighted by atomic mass is 10.1. The van der Waals surface area contributed by atoms with E-state index in [0.29, 0.717) is 5.92 Å². The summed E-state index contributed by atoms with van der Waals surface area (Å²) >= 11 is 1.48. The van der Waals surface area contributed by atoms with E-state index in [9.17, 15) is 4.79 Å². The molecule has 0 bridgehead atoms. The van der Waals surface area contributed by atoms with Gasteiger partial charge in [-0.2, -0.15) is 0 Å². The number of hydrogen-bond acceptors (Lipinski definition) is 3. The number of hydrogen-bond donors (Lipinski definition) is 0. The highest BCUT2D eigenvalue weighted by Gasteiger charge is 2.08. The minimum absolute atomic E-state index is 0.560. The Kier molecular flexibility index (Phi) is 2.98. The molecular formula is C9H13NOS. The minimum atomic E-state index is 0.560. The lowest BCUT2D eigenvalue weighted by molar-refractivity contribution is 0.112. The molecule has 1 rings (SSSR count). The number of nitrogens with zero attached hydrogens (tertiary/aromatic N) is 1. The minimum Gasteiger partial charge on any atom is -0.297 e. The summed E-state index contributed by atoms with van der Waals surface area (Å²) < 4.78 is 0. The van der Waals surface area contributed by atoms with E-state index in [1.807, 2.05) is 6.92 Å². The van der Waals surface area contributed by atoms with Gasteiger partial charge in [0, 0.05) is 0 Å². The fourth-order valence-corrected chi connectivity index (χ4v) is 1.88. The second kappa shape index (κ2) is 3.81. The molecule has 0 saturated heterocycles. The first-order valence-electron chi connectivity index (χ1n) is 4.05. The molecule has 0 fully saturated rings. The van der Waals surface area contributed by atoms with E-state index in [1.54, 1.807) is 0 Å². The number of thiazole rings is 1. The Morgan fingerprint density at radius 3 is 2.75 bits per heavy atom. The average molecular weight is 183 g/mol. The normalized spacial score (nSPS) is 10.7. The van der Waals surface area contributed by atoms with Crippen molar-refractivity contribution in [3.05, 3.63) is 15.6 Å². The highest BCUT2D eigenvalue weighted by atomic mass is 32.1. The maximum atomic E-state index is 10.6. The van der Waals surface area contributed by atoms with Crippen LogP contribution in [0.5, 0.6) is 0 Å². The van der Waals surface area contributed by atoms with Crippen molar-refractivity contribution < 1.29 is 4.79 Å². The fraction of sp³-hybridized carbons (Fsp3) is 0.556. The molecule has 12 heavy (non-hydrogen) atoms. The first kappa shape index (κ1) is 9.39. The van der Waals surface area contributed by atoms with Crippen LogP contribution >= 0.6 is 11.3 Å². The quantitative estimate of drug-likeness (QED) is 0.674. The van der Waals surface area contributed by atoms with Crippen molar-refractivity contribution in [3.63, 3.8) is 0 Å². The van der Waals surface area contributed by atoms with Gasteiger partial charge in [0.2, 0.25) is 0 Å². The van der Waals surface area contributed by atoms with Crippen molar-refractivity contribution in [2.45, 2.75) is 27.2 Å². The van der Waals surface area contributed by atoms with Gasteiger partial charge in [0.25, 0.3) is 0 Å². The predicted molar refractivity (Wildman–Crippen MR) is 50.8 cm³/mol. The molecule has 0 atom stereocenters. The van der Waals surface area contributed by atoms with Gasteiger partial charge in [-0.3, -0.25) is 4.79 Å². The molecule has 2 nitrogen and oxygen atoms in total. The molecule has 3 heteroatoms. The van der Waals surface area contributed by atoms with E-state index in [0.717, 1.165) is 28.3 Å². The van der Waals surface area contributed by atoms with Crippen molar-refractivity contribution >= 4 is 17.6 Å². The molecule has 0 unspecified atom stereocenters. The van der Waals surface area contributed by atoms with E-state index >= 15 is 0 Å². The maximum absolute atomic E-state index is 10.6. The molecule has 0 amide bonds. The van der Waals surface area contributed by atoms with Gasteiger partial charge in [-0.25, -0.2) is 4.98 Å². The van der Waals surface area contributed by atoms with Crippen LogP contribution < -0.4 is 0 Å². The first-order valence-corrected chi connectivity index (χ1v) is 4.86. The smallest absolute Gasteiger partial charge is 0.161 e. The second-order valence-corrected chi connectivity index (χ2v) is 4.49. The summed E-state index contributed by atoms with van der Waals surface area (Å²) in [6.45, 7) is 6.19. The van der Waals surface area contributed by atoms with E-state index in [2.05, 4.69) is 18.8 Å². The van der Waals surface area contributed by atoms with Crippen LogP contribution in [0.15, 0.2) is 0 Å². The molecule has 0 aliphatic heterocycles. The van der Waals surface area contributed by atoms with Crippen LogP contribution in [0.2, 0.25) is 0 Å². The summed E-state index contributed by atoms with van der Waals surface area (Å²) in [5, 5.41) is 0.979. The van der Waals surface area contributed by atoms with Crippen LogP contribution in [0, 0.1) is 12.8 Å². The molecule has 0 aliphatic carbocycles.